The Hall–Kier alpha value is -3.57. The molecular formula is C26H23ClN2O3. The van der Waals surface area contributed by atoms with Crippen LogP contribution in [0.3, 0.4) is 0 Å². The molecule has 32 heavy (non-hydrogen) atoms. The number of benzene rings is 3. The zero-order valence-corrected chi connectivity index (χ0v) is 19.1. The van der Waals surface area contributed by atoms with Crippen LogP contribution in [0.2, 0.25) is 5.02 Å². The Balaban J connectivity index is 1.85. The van der Waals surface area contributed by atoms with Crippen molar-refractivity contribution in [3.8, 4) is 5.75 Å². The van der Waals surface area contributed by atoms with Gasteiger partial charge in [0.25, 0.3) is 11.8 Å². The largest absolute Gasteiger partial charge is 0.497 e. The number of carbonyl (C=O) groups excluding carboxylic acids is 2. The van der Waals surface area contributed by atoms with E-state index in [1.165, 1.54) is 4.90 Å². The Morgan fingerprint density at radius 1 is 0.812 bits per heavy atom. The second-order valence-electron chi connectivity index (χ2n) is 7.78. The summed E-state index contributed by atoms with van der Waals surface area (Å²) in [5, 5.41) is 3.73. The van der Waals surface area contributed by atoms with Gasteiger partial charge in [0.15, 0.2) is 0 Å². The fourth-order valence-electron chi connectivity index (χ4n) is 3.64. The zero-order valence-electron chi connectivity index (χ0n) is 18.3. The van der Waals surface area contributed by atoms with Gasteiger partial charge in [-0.1, -0.05) is 35.9 Å². The third-order valence-electron chi connectivity index (χ3n) is 5.67. The highest BCUT2D eigenvalue weighted by Crippen LogP contribution is 2.35. The number of hydrogen-bond acceptors (Lipinski definition) is 4. The van der Waals surface area contributed by atoms with Gasteiger partial charge in [-0.15, -0.1) is 0 Å². The molecule has 0 saturated heterocycles. The van der Waals surface area contributed by atoms with Crippen molar-refractivity contribution in [2.24, 2.45) is 0 Å². The van der Waals surface area contributed by atoms with Gasteiger partial charge < -0.3 is 10.1 Å². The van der Waals surface area contributed by atoms with E-state index < -0.39 is 5.91 Å². The number of anilines is 2. The lowest BCUT2D eigenvalue weighted by molar-refractivity contribution is -0.120. The normalized spacial score (nSPS) is 13.7. The standard InChI is InChI=1S/C26H23ClN2O3/c1-15-5-7-18(13-17(15)3)23-24(28-22-14-19(27)8-6-16(22)2)26(31)29(25(23)30)20-9-11-21(32-4)12-10-20/h5-14,28H,1-4H3. The molecule has 0 atom stereocenters. The maximum absolute atomic E-state index is 13.6. The van der Waals surface area contributed by atoms with Crippen molar-refractivity contribution in [2.75, 3.05) is 17.3 Å². The maximum Gasteiger partial charge on any atom is 0.282 e. The van der Waals surface area contributed by atoms with Gasteiger partial charge in [-0.05, 0) is 79.4 Å². The van der Waals surface area contributed by atoms with Gasteiger partial charge in [-0.3, -0.25) is 9.59 Å². The maximum atomic E-state index is 13.6. The van der Waals surface area contributed by atoms with Crippen molar-refractivity contribution in [1.29, 1.82) is 0 Å². The number of halogens is 1. The Kier molecular flexibility index (Phi) is 5.76. The molecule has 0 aliphatic carbocycles. The number of ether oxygens (including phenoxy) is 1. The molecule has 0 radical (unpaired) electrons. The number of aryl methyl sites for hydroxylation is 3. The highest BCUT2D eigenvalue weighted by molar-refractivity contribution is 6.46. The quantitative estimate of drug-likeness (QED) is 0.513. The average molecular weight is 447 g/mol. The molecule has 1 aliphatic heterocycles. The molecule has 0 fully saturated rings. The van der Waals surface area contributed by atoms with Crippen LogP contribution < -0.4 is 15.0 Å². The number of rotatable bonds is 5. The highest BCUT2D eigenvalue weighted by Gasteiger charge is 2.40. The van der Waals surface area contributed by atoms with Gasteiger partial charge in [0.1, 0.15) is 11.4 Å². The second-order valence-corrected chi connectivity index (χ2v) is 8.21. The topological polar surface area (TPSA) is 58.6 Å². The number of methoxy groups -OCH3 is 1. The minimum absolute atomic E-state index is 0.222. The summed E-state index contributed by atoms with van der Waals surface area (Å²) in [6, 6.07) is 18.0. The van der Waals surface area contributed by atoms with Crippen LogP contribution in [-0.2, 0) is 9.59 Å². The molecule has 1 heterocycles. The lowest BCUT2D eigenvalue weighted by Crippen LogP contribution is -2.32. The summed E-state index contributed by atoms with van der Waals surface area (Å²) in [4.78, 5) is 28.3. The zero-order chi connectivity index (χ0) is 23.0. The molecule has 0 saturated carbocycles. The van der Waals surface area contributed by atoms with E-state index in [0.717, 1.165) is 16.7 Å². The van der Waals surface area contributed by atoms with E-state index in [1.807, 2.05) is 45.0 Å². The van der Waals surface area contributed by atoms with Gasteiger partial charge in [-0.2, -0.15) is 0 Å². The number of carbonyl (C=O) groups is 2. The lowest BCUT2D eigenvalue weighted by atomic mass is 9.99. The number of hydrogen-bond donors (Lipinski definition) is 1. The molecule has 162 valence electrons. The van der Waals surface area contributed by atoms with E-state index in [1.54, 1.807) is 43.5 Å². The third kappa shape index (κ3) is 3.87. The van der Waals surface area contributed by atoms with E-state index in [9.17, 15) is 9.59 Å². The van der Waals surface area contributed by atoms with Crippen molar-refractivity contribution in [1.82, 2.24) is 0 Å². The second kappa shape index (κ2) is 8.52. The van der Waals surface area contributed by atoms with Gasteiger partial charge in [0, 0.05) is 10.7 Å². The van der Waals surface area contributed by atoms with Crippen molar-refractivity contribution >= 4 is 40.4 Å². The minimum atomic E-state index is -0.423. The van der Waals surface area contributed by atoms with Crippen LogP contribution in [0.25, 0.3) is 5.57 Å². The first-order chi connectivity index (χ1) is 15.3. The fourth-order valence-corrected chi connectivity index (χ4v) is 3.81. The Morgan fingerprint density at radius 3 is 2.16 bits per heavy atom. The third-order valence-corrected chi connectivity index (χ3v) is 5.90. The molecule has 1 N–H and O–H groups in total. The summed E-state index contributed by atoms with van der Waals surface area (Å²) in [5.74, 6) is -0.165. The minimum Gasteiger partial charge on any atom is -0.497 e. The molecule has 0 aromatic heterocycles. The van der Waals surface area contributed by atoms with E-state index in [2.05, 4.69) is 5.32 Å². The molecule has 5 nitrogen and oxygen atoms in total. The van der Waals surface area contributed by atoms with E-state index >= 15 is 0 Å². The Morgan fingerprint density at radius 2 is 1.50 bits per heavy atom. The SMILES string of the molecule is COc1ccc(N2C(=O)C(Nc3cc(Cl)ccc3C)=C(c3ccc(C)c(C)c3)C2=O)cc1. The van der Waals surface area contributed by atoms with Crippen LogP contribution >= 0.6 is 11.6 Å². The molecule has 3 aromatic rings. The van der Waals surface area contributed by atoms with E-state index in [0.29, 0.717) is 33.3 Å². The Bertz CT molecular complexity index is 1260. The molecule has 2 amide bonds. The molecule has 0 spiro atoms. The van der Waals surface area contributed by atoms with Crippen molar-refractivity contribution < 1.29 is 14.3 Å². The van der Waals surface area contributed by atoms with E-state index in [4.69, 9.17) is 16.3 Å². The van der Waals surface area contributed by atoms with Crippen LogP contribution in [0.15, 0.2) is 66.4 Å². The number of imide groups is 1. The van der Waals surface area contributed by atoms with Crippen molar-refractivity contribution in [3.63, 3.8) is 0 Å². The molecule has 0 unspecified atom stereocenters. The molecule has 3 aromatic carbocycles. The first kappa shape index (κ1) is 21.7. The average Bonchev–Trinajstić information content (AvgIpc) is 3.02. The Labute approximate surface area is 192 Å². The smallest absolute Gasteiger partial charge is 0.282 e. The summed E-state index contributed by atoms with van der Waals surface area (Å²) in [6.07, 6.45) is 0. The number of nitrogens with one attached hydrogen (secondary N) is 1. The lowest BCUT2D eigenvalue weighted by Gasteiger charge is -2.16. The van der Waals surface area contributed by atoms with Gasteiger partial charge in [-0.25, -0.2) is 4.90 Å². The first-order valence-corrected chi connectivity index (χ1v) is 10.6. The molecule has 6 heteroatoms. The summed E-state index contributed by atoms with van der Waals surface area (Å²) < 4.78 is 5.20. The summed E-state index contributed by atoms with van der Waals surface area (Å²) >= 11 is 6.18. The summed E-state index contributed by atoms with van der Waals surface area (Å²) in [7, 11) is 1.57. The highest BCUT2D eigenvalue weighted by atomic mass is 35.5. The number of nitrogens with zero attached hydrogens (tertiary/aromatic N) is 1. The van der Waals surface area contributed by atoms with Gasteiger partial charge in [0.05, 0.1) is 18.4 Å². The predicted octanol–water partition coefficient (Wildman–Crippen LogP) is 5.67. The van der Waals surface area contributed by atoms with Crippen LogP contribution in [0, 0.1) is 20.8 Å². The molecule has 0 bridgehead atoms. The van der Waals surface area contributed by atoms with Gasteiger partial charge >= 0.3 is 0 Å². The van der Waals surface area contributed by atoms with Crippen LogP contribution in [0.5, 0.6) is 5.75 Å². The molecule has 4 rings (SSSR count). The summed E-state index contributed by atoms with van der Waals surface area (Å²) in [6.45, 7) is 5.90. The monoisotopic (exact) mass is 446 g/mol. The van der Waals surface area contributed by atoms with E-state index in [-0.39, 0.29) is 11.6 Å². The van der Waals surface area contributed by atoms with Crippen molar-refractivity contribution in [2.45, 2.75) is 20.8 Å². The number of amides is 2. The first-order valence-electron chi connectivity index (χ1n) is 10.2. The van der Waals surface area contributed by atoms with Gasteiger partial charge in [0.2, 0.25) is 0 Å². The molecular weight excluding hydrogens is 424 g/mol. The molecule has 1 aliphatic rings. The predicted molar refractivity (Wildman–Crippen MR) is 128 cm³/mol. The van der Waals surface area contributed by atoms with Crippen LogP contribution in [0.1, 0.15) is 22.3 Å². The van der Waals surface area contributed by atoms with Crippen molar-refractivity contribution in [3.05, 3.63) is 93.6 Å². The fraction of sp³-hybridized carbons (Fsp3) is 0.154. The van der Waals surface area contributed by atoms with Crippen LogP contribution in [0.4, 0.5) is 11.4 Å². The van der Waals surface area contributed by atoms with Crippen LogP contribution in [-0.4, -0.2) is 18.9 Å². The summed E-state index contributed by atoms with van der Waals surface area (Å²) in [5.41, 5.74) is 5.44.